The molecule has 0 radical (unpaired) electrons. The maximum atomic E-state index is 12.5. The van der Waals surface area contributed by atoms with E-state index in [1.54, 1.807) is 0 Å². The van der Waals surface area contributed by atoms with Gasteiger partial charge >= 0.3 is 0 Å². The Morgan fingerprint density at radius 1 is 0.929 bits per heavy atom. The van der Waals surface area contributed by atoms with Crippen LogP contribution >= 0.6 is 0 Å². The predicted octanol–water partition coefficient (Wildman–Crippen LogP) is 5.30. The number of nitrogens with one attached hydrogen (secondary N) is 1. The third-order valence-corrected chi connectivity index (χ3v) is 4.93. The molecule has 28 heavy (non-hydrogen) atoms. The van der Waals surface area contributed by atoms with E-state index in [-0.39, 0.29) is 11.9 Å². The van der Waals surface area contributed by atoms with Crippen LogP contribution < -0.4 is 14.8 Å². The van der Waals surface area contributed by atoms with Crippen LogP contribution in [0.2, 0.25) is 0 Å². The summed E-state index contributed by atoms with van der Waals surface area (Å²) in [4.78, 5) is 12.5. The Morgan fingerprint density at radius 2 is 1.64 bits per heavy atom. The van der Waals surface area contributed by atoms with Crippen LogP contribution in [0.25, 0.3) is 0 Å². The van der Waals surface area contributed by atoms with Gasteiger partial charge in [-0.1, -0.05) is 31.2 Å². The zero-order valence-electron chi connectivity index (χ0n) is 17.8. The molecule has 0 bridgehead atoms. The van der Waals surface area contributed by atoms with Crippen LogP contribution in [-0.4, -0.2) is 19.1 Å². The highest BCUT2D eigenvalue weighted by atomic mass is 16.5. The number of hydrogen-bond acceptors (Lipinski definition) is 3. The summed E-state index contributed by atoms with van der Waals surface area (Å²) in [6.45, 7) is 11.4. The molecule has 0 aliphatic carbocycles. The normalized spacial score (nSPS) is 11.8. The second-order valence-electron chi connectivity index (χ2n) is 7.02. The van der Waals surface area contributed by atoms with Crippen molar-refractivity contribution in [2.24, 2.45) is 0 Å². The molecule has 1 unspecified atom stereocenters. The van der Waals surface area contributed by atoms with Crippen LogP contribution in [0.15, 0.2) is 36.4 Å². The van der Waals surface area contributed by atoms with Crippen LogP contribution in [0.3, 0.4) is 0 Å². The Bertz CT molecular complexity index is 785. The first-order valence-electron chi connectivity index (χ1n) is 10.2. The van der Waals surface area contributed by atoms with Crippen molar-refractivity contribution in [2.75, 3.05) is 13.2 Å². The van der Waals surface area contributed by atoms with Crippen molar-refractivity contribution in [3.8, 4) is 11.5 Å². The Kier molecular flexibility index (Phi) is 8.37. The van der Waals surface area contributed by atoms with Gasteiger partial charge in [-0.25, -0.2) is 0 Å². The van der Waals surface area contributed by atoms with E-state index in [2.05, 4.69) is 44.3 Å². The van der Waals surface area contributed by atoms with Crippen LogP contribution in [0.5, 0.6) is 11.5 Å². The zero-order valence-corrected chi connectivity index (χ0v) is 17.8. The lowest BCUT2D eigenvalue weighted by Crippen LogP contribution is -2.28. The van der Waals surface area contributed by atoms with E-state index < -0.39 is 0 Å². The van der Waals surface area contributed by atoms with E-state index >= 15 is 0 Å². The smallest absolute Gasteiger partial charge is 0.220 e. The van der Waals surface area contributed by atoms with Crippen molar-refractivity contribution in [3.63, 3.8) is 0 Å². The topological polar surface area (TPSA) is 47.6 Å². The molecule has 2 aromatic rings. The van der Waals surface area contributed by atoms with Gasteiger partial charge in [-0.3, -0.25) is 4.79 Å². The summed E-state index contributed by atoms with van der Waals surface area (Å²) in [5.41, 5.74) is 4.76. The average Bonchev–Trinajstić information content (AvgIpc) is 2.68. The van der Waals surface area contributed by atoms with Crippen LogP contribution in [0.4, 0.5) is 0 Å². The number of amides is 1. The van der Waals surface area contributed by atoms with Crippen LogP contribution in [-0.2, 0) is 11.2 Å². The van der Waals surface area contributed by atoms with E-state index in [1.165, 1.54) is 16.7 Å². The summed E-state index contributed by atoms with van der Waals surface area (Å²) in [5.74, 6) is 1.55. The molecule has 0 aliphatic rings. The van der Waals surface area contributed by atoms with Crippen molar-refractivity contribution in [1.29, 1.82) is 0 Å². The molecule has 0 spiro atoms. The van der Waals surface area contributed by atoms with E-state index in [0.717, 1.165) is 23.5 Å². The number of benzene rings is 2. The van der Waals surface area contributed by atoms with Crippen molar-refractivity contribution in [1.82, 2.24) is 5.32 Å². The van der Waals surface area contributed by atoms with Gasteiger partial charge in [0.25, 0.3) is 0 Å². The molecule has 0 fully saturated rings. The van der Waals surface area contributed by atoms with Gasteiger partial charge in [-0.05, 0) is 74.9 Å². The number of ether oxygens (including phenoxy) is 2. The predicted molar refractivity (Wildman–Crippen MR) is 114 cm³/mol. The van der Waals surface area contributed by atoms with Crippen molar-refractivity contribution in [2.45, 2.75) is 59.9 Å². The molecule has 1 atom stereocenters. The quantitative estimate of drug-likeness (QED) is 0.605. The average molecular weight is 384 g/mol. The summed E-state index contributed by atoms with van der Waals surface area (Å²) in [7, 11) is 0. The van der Waals surface area contributed by atoms with Gasteiger partial charge in [0.1, 0.15) is 0 Å². The largest absolute Gasteiger partial charge is 0.490 e. The van der Waals surface area contributed by atoms with Crippen molar-refractivity contribution < 1.29 is 14.3 Å². The SMILES string of the molecule is CCOc1ccc(CCC(=O)NC(CC)c2ccc(C)c(C)c2)cc1OCC. The minimum absolute atomic E-state index is 0.0473. The maximum Gasteiger partial charge on any atom is 0.220 e. The molecule has 2 aromatic carbocycles. The minimum atomic E-state index is 0.0473. The van der Waals surface area contributed by atoms with Crippen LogP contribution in [0.1, 0.15) is 61.9 Å². The molecule has 1 N–H and O–H groups in total. The molecule has 4 nitrogen and oxygen atoms in total. The molecule has 4 heteroatoms. The number of hydrogen-bond donors (Lipinski definition) is 1. The Morgan fingerprint density at radius 3 is 2.29 bits per heavy atom. The lowest BCUT2D eigenvalue weighted by atomic mass is 9.99. The lowest BCUT2D eigenvalue weighted by Gasteiger charge is -2.19. The molecule has 0 saturated carbocycles. The van der Waals surface area contributed by atoms with Crippen molar-refractivity contribution >= 4 is 5.91 Å². The molecular formula is C24H33NO3. The Labute approximate surface area is 169 Å². The molecule has 1 amide bonds. The highest BCUT2D eigenvalue weighted by Gasteiger charge is 2.14. The first-order chi connectivity index (χ1) is 13.5. The van der Waals surface area contributed by atoms with E-state index in [4.69, 9.17) is 9.47 Å². The summed E-state index contributed by atoms with van der Waals surface area (Å²) in [5, 5.41) is 3.18. The van der Waals surface area contributed by atoms with E-state index in [0.29, 0.717) is 26.1 Å². The van der Waals surface area contributed by atoms with Gasteiger partial charge in [0, 0.05) is 6.42 Å². The molecule has 0 aliphatic heterocycles. The highest BCUT2D eigenvalue weighted by molar-refractivity contribution is 5.76. The first-order valence-corrected chi connectivity index (χ1v) is 10.2. The third-order valence-electron chi connectivity index (χ3n) is 4.93. The van der Waals surface area contributed by atoms with Gasteiger partial charge in [0.05, 0.1) is 19.3 Å². The Hall–Kier alpha value is -2.49. The number of aryl methyl sites for hydroxylation is 3. The fraction of sp³-hybridized carbons (Fsp3) is 0.458. The van der Waals surface area contributed by atoms with Gasteiger partial charge < -0.3 is 14.8 Å². The fourth-order valence-electron chi connectivity index (χ4n) is 3.18. The number of rotatable bonds is 10. The van der Waals surface area contributed by atoms with Gasteiger partial charge in [-0.15, -0.1) is 0 Å². The van der Waals surface area contributed by atoms with Crippen molar-refractivity contribution in [3.05, 3.63) is 58.7 Å². The second kappa shape index (κ2) is 10.7. The van der Waals surface area contributed by atoms with E-state index in [9.17, 15) is 4.79 Å². The van der Waals surface area contributed by atoms with Gasteiger partial charge in [0.15, 0.2) is 11.5 Å². The highest BCUT2D eigenvalue weighted by Crippen LogP contribution is 2.29. The van der Waals surface area contributed by atoms with E-state index in [1.807, 2.05) is 32.0 Å². The fourth-order valence-corrected chi connectivity index (χ4v) is 3.18. The summed E-state index contributed by atoms with van der Waals surface area (Å²) < 4.78 is 11.3. The van der Waals surface area contributed by atoms with Gasteiger partial charge in [0.2, 0.25) is 5.91 Å². The van der Waals surface area contributed by atoms with Crippen LogP contribution in [0, 0.1) is 13.8 Å². The molecule has 0 saturated heterocycles. The van der Waals surface area contributed by atoms with Gasteiger partial charge in [-0.2, -0.15) is 0 Å². The first kappa shape index (κ1) is 21.8. The standard InChI is InChI=1S/C24H33NO3/c1-6-21(20-12-9-17(4)18(5)15-20)25-24(26)14-11-19-10-13-22(27-7-2)23(16-19)28-8-3/h9-10,12-13,15-16,21H,6-8,11,14H2,1-5H3,(H,25,26). The zero-order chi connectivity index (χ0) is 20.5. The molecule has 2 rings (SSSR count). The summed E-state index contributed by atoms with van der Waals surface area (Å²) in [6, 6.07) is 12.3. The second-order valence-corrected chi connectivity index (χ2v) is 7.02. The maximum absolute atomic E-state index is 12.5. The minimum Gasteiger partial charge on any atom is -0.490 e. The summed E-state index contributed by atoms with van der Waals surface area (Å²) in [6.07, 6.45) is 1.98. The Balaban J connectivity index is 1.98. The molecule has 152 valence electrons. The summed E-state index contributed by atoms with van der Waals surface area (Å²) >= 11 is 0. The number of carbonyl (C=O) groups excluding carboxylic acids is 1. The molecular weight excluding hydrogens is 350 g/mol. The third kappa shape index (κ3) is 6.01. The monoisotopic (exact) mass is 383 g/mol. The number of carbonyl (C=O) groups is 1. The molecule has 0 heterocycles. The lowest BCUT2D eigenvalue weighted by molar-refractivity contribution is -0.121. The molecule has 0 aromatic heterocycles.